The molecule has 4 unspecified atom stereocenters. The minimum atomic E-state index is -5.08. The van der Waals surface area contributed by atoms with Crippen molar-refractivity contribution < 1.29 is 141 Å². The first kappa shape index (κ1) is 98.5. The molecule has 4 aromatic carbocycles. The maximum atomic E-state index is 10.6. The Morgan fingerprint density at radius 1 is 0.267 bits per heavy atom. The van der Waals surface area contributed by atoms with Crippen LogP contribution in [0.2, 0.25) is 0 Å². The van der Waals surface area contributed by atoms with Gasteiger partial charge in [-0.1, -0.05) is 275 Å². The predicted molar refractivity (Wildman–Crippen MR) is 450 cm³/mol. The van der Waals surface area contributed by atoms with Crippen molar-refractivity contribution in [2.24, 2.45) is 0 Å². The van der Waals surface area contributed by atoms with E-state index in [9.17, 15) is 26.3 Å². The SMILES string of the molecule is O=C(O)C(F)(F)F.O=C(O)C(F)(F)F.[Rh].[Rh].c1ccc(C2OC[C@@H](OP(C3CCCCC3)C3CCCCC3)[C@H]([C@@H]3OC(c4ccccc4)OC[C@H]3OP(C3CCCCC3)C3CCCCC3)O2)cc1.c1ccc(C2OC[C@@H](OP(C3CCCCC3)C3CCCCC3)[C@H]([C@@H]3OC(c4ccccc4)OC[C@H]3OP(C3CCCCC3)C3CCCCC3)O2)cc1. The van der Waals surface area contributed by atoms with Crippen LogP contribution in [-0.2, 0) is 105 Å². The van der Waals surface area contributed by atoms with Gasteiger partial charge in [-0.15, -0.1) is 0 Å². The van der Waals surface area contributed by atoms with E-state index >= 15 is 0 Å². The van der Waals surface area contributed by atoms with Crippen LogP contribution in [0, 0.1) is 0 Å². The largest absolute Gasteiger partial charge is 0.490 e. The number of benzene rings is 4. The summed E-state index contributed by atoms with van der Waals surface area (Å²) >= 11 is 0. The molecular formula is C92H130F6O16P4Rh2. The average Bonchev–Trinajstić information content (AvgIpc) is 0.777. The quantitative estimate of drug-likeness (QED) is 0.0430. The summed E-state index contributed by atoms with van der Waals surface area (Å²) in [7, 11) is -2.50. The molecule has 0 spiro atoms. The van der Waals surface area contributed by atoms with Crippen LogP contribution >= 0.6 is 32.6 Å². The monoisotopic (exact) mass is 1930 g/mol. The van der Waals surface area contributed by atoms with Crippen LogP contribution in [0.1, 0.15) is 304 Å². The Morgan fingerprint density at radius 2 is 0.408 bits per heavy atom. The molecule has 12 atom stereocenters. The van der Waals surface area contributed by atoms with Crippen LogP contribution in [0.4, 0.5) is 26.3 Å². The van der Waals surface area contributed by atoms with E-state index in [1.54, 1.807) is 0 Å². The van der Waals surface area contributed by atoms with Gasteiger partial charge in [0, 0.05) is 139 Å². The molecule has 4 aliphatic heterocycles. The van der Waals surface area contributed by atoms with E-state index in [0.29, 0.717) is 71.7 Å². The molecule has 4 saturated heterocycles. The molecule has 28 heteroatoms. The predicted octanol–water partition coefficient (Wildman–Crippen LogP) is 25.5. The maximum absolute atomic E-state index is 10.6. The van der Waals surface area contributed by atoms with Gasteiger partial charge >= 0.3 is 24.3 Å². The van der Waals surface area contributed by atoms with Gasteiger partial charge in [0.15, 0.2) is 25.2 Å². The van der Waals surface area contributed by atoms with Crippen molar-refractivity contribution in [3.05, 3.63) is 144 Å². The third-order valence-corrected chi connectivity index (χ3v) is 38.1. The van der Waals surface area contributed by atoms with E-state index in [0.717, 1.165) is 22.3 Å². The maximum Gasteiger partial charge on any atom is 0.490 e. The smallest absolute Gasteiger partial charge is 0.475 e. The molecule has 4 heterocycles. The topological polar surface area (TPSA) is 185 Å². The Bertz CT molecular complexity index is 3000. The normalized spacial score (nSPS) is 29.4. The summed E-state index contributed by atoms with van der Waals surface area (Å²) in [6.07, 6.45) is 38.9. The number of carboxylic acids is 2. The van der Waals surface area contributed by atoms with Gasteiger partial charge in [-0.25, -0.2) is 9.59 Å². The minimum absolute atomic E-state index is 0. The van der Waals surface area contributed by atoms with Crippen LogP contribution in [-0.4, -0.2) is 155 Å². The van der Waals surface area contributed by atoms with Crippen LogP contribution in [0.25, 0.3) is 0 Å². The molecule has 2 radical (unpaired) electrons. The van der Waals surface area contributed by atoms with Gasteiger partial charge in [0.05, 0.1) is 26.4 Å². The molecule has 0 aromatic heterocycles. The number of rotatable bonds is 22. The van der Waals surface area contributed by atoms with Gasteiger partial charge in [-0.05, 0) is 103 Å². The van der Waals surface area contributed by atoms with E-state index in [4.69, 9.17) is 75.8 Å². The van der Waals surface area contributed by atoms with Crippen molar-refractivity contribution in [3.63, 3.8) is 0 Å². The molecule has 16 nitrogen and oxygen atoms in total. The number of hydrogen-bond acceptors (Lipinski definition) is 14. The van der Waals surface area contributed by atoms with E-state index in [1.807, 2.05) is 0 Å². The molecule has 12 aliphatic rings. The van der Waals surface area contributed by atoms with E-state index < -0.39 is 82.0 Å². The van der Waals surface area contributed by atoms with Crippen molar-refractivity contribution in [1.29, 1.82) is 0 Å². The van der Waals surface area contributed by atoms with Gasteiger partial charge < -0.3 is 66.2 Å². The standard InChI is InChI=1S/2C44H64O6P2.2C2HF3O2.2Rh/c2*1-7-19-33(20-8-1)43-45-31-39(49-51(35-23-11-3-12-24-35)36-25-13-4-14-26-36)41(47-43)42-40(32-46-44(48-42)34-21-9-2-10-22-34)50-52(37-27-15-5-16-28-37)38-29-17-6-18-30-38;2*3-2(4,5)1(6)7;;/h2*1-2,7-10,19-22,35-44H,3-6,11-18,23-32H2;2*(H,6,7);;/t2*39-,40-,41-,42-,43?,44?;;;;/m11..../s1. The van der Waals surface area contributed by atoms with Crippen molar-refractivity contribution in [2.75, 3.05) is 26.4 Å². The molecule has 8 saturated carbocycles. The fourth-order valence-corrected chi connectivity index (χ4v) is 32.8. The van der Waals surface area contributed by atoms with Crippen LogP contribution in [0.5, 0.6) is 0 Å². The second kappa shape index (κ2) is 50.7. The van der Waals surface area contributed by atoms with Crippen LogP contribution < -0.4 is 0 Å². The Kier molecular flexibility index (Phi) is 41.6. The van der Waals surface area contributed by atoms with Gasteiger partial charge in [0.25, 0.3) is 0 Å². The molecule has 12 fully saturated rings. The number of aliphatic carboxylic acids is 2. The third-order valence-electron chi connectivity index (χ3n) is 26.2. The van der Waals surface area contributed by atoms with E-state index in [-0.39, 0.29) is 87.8 Å². The number of carbonyl (C=O) groups is 2. The second-order valence-electron chi connectivity index (χ2n) is 34.7. The number of hydrogen-bond donors (Lipinski definition) is 2. The Labute approximate surface area is 739 Å². The number of carboxylic acid groups (broad SMARTS) is 2. The molecule has 120 heavy (non-hydrogen) atoms. The number of alkyl halides is 6. The molecule has 0 amide bonds. The summed E-state index contributed by atoms with van der Waals surface area (Å²) in [6, 6.07) is 41.8. The van der Waals surface area contributed by atoms with E-state index in [1.165, 1.54) is 257 Å². The molecule has 16 rings (SSSR count). The first-order chi connectivity index (χ1) is 57.5. The zero-order valence-electron chi connectivity index (χ0n) is 69.5. The van der Waals surface area contributed by atoms with Crippen LogP contribution in [0.3, 0.4) is 0 Å². The van der Waals surface area contributed by atoms with Crippen LogP contribution in [0.15, 0.2) is 121 Å². The fraction of sp³-hybridized carbons (Fsp3) is 0.717. The van der Waals surface area contributed by atoms with Crippen molar-refractivity contribution in [3.8, 4) is 0 Å². The first-order valence-corrected chi connectivity index (χ1v) is 50.8. The van der Waals surface area contributed by atoms with E-state index in [2.05, 4.69) is 121 Å². The second-order valence-corrected chi connectivity index (χ2v) is 44.2. The molecule has 4 aromatic rings. The Balaban J connectivity index is 0.000000199. The van der Waals surface area contributed by atoms with Crippen molar-refractivity contribution >= 4 is 44.5 Å². The van der Waals surface area contributed by atoms with Crippen molar-refractivity contribution in [1.82, 2.24) is 0 Å². The number of halogens is 6. The Hall–Kier alpha value is -2.11. The van der Waals surface area contributed by atoms with Gasteiger partial charge in [-0.2, -0.15) is 26.3 Å². The van der Waals surface area contributed by atoms with Crippen molar-refractivity contribution in [2.45, 2.75) is 388 Å². The summed E-state index contributed by atoms with van der Waals surface area (Å²) in [5, 5.41) is 14.2. The summed E-state index contributed by atoms with van der Waals surface area (Å²) in [5.74, 6) is -5.51. The molecule has 8 aliphatic carbocycles. The molecule has 2 N–H and O–H groups in total. The average molecular weight is 1940 g/mol. The summed E-state index contributed by atoms with van der Waals surface area (Å²) < 4.78 is 149. The zero-order valence-corrected chi connectivity index (χ0v) is 76.4. The minimum Gasteiger partial charge on any atom is -0.475 e. The van der Waals surface area contributed by atoms with Gasteiger partial charge in [0.2, 0.25) is 0 Å². The summed E-state index contributed by atoms with van der Waals surface area (Å²) in [6.45, 7) is 2.02. The third kappa shape index (κ3) is 28.9. The zero-order chi connectivity index (χ0) is 82.1. The molecular weight excluding hydrogens is 1800 g/mol. The first-order valence-electron chi connectivity index (χ1n) is 45.2. The summed E-state index contributed by atoms with van der Waals surface area (Å²) in [5.41, 5.74) is 9.55. The number of ether oxygens (including phenoxy) is 8. The summed E-state index contributed by atoms with van der Waals surface area (Å²) in [4.78, 5) is 17.8. The fourth-order valence-electron chi connectivity index (χ4n) is 20.0. The van der Waals surface area contributed by atoms with Gasteiger partial charge in [0.1, 0.15) is 48.8 Å². The molecule has 674 valence electrons. The Morgan fingerprint density at radius 3 is 0.542 bits per heavy atom. The van der Waals surface area contributed by atoms with Gasteiger partial charge in [-0.3, -0.25) is 0 Å². The molecule has 0 bridgehead atoms.